The SMILES string of the molecule is COC(=O)CCN(C)c1ncnc2c(F)ccc(-c3ccc(Cl)c(Cl)c3)c12. The van der Waals surface area contributed by atoms with Gasteiger partial charge in [-0.3, -0.25) is 4.79 Å². The molecule has 0 spiro atoms. The number of hydrogen-bond donors (Lipinski definition) is 0. The zero-order valence-corrected chi connectivity index (χ0v) is 16.2. The fourth-order valence-corrected chi connectivity index (χ4v) is 3.08. The van der Waals surface area contributed by atoms with Crippen LogP contribution in [0.15, 0.2) is 36.7 Å². The van der Waals surface area contributed by atoms with Gasteiger partial charge in [0.05, 0.1) is 29.0 Å². The van der Waals surface area contributed by atoms with E-state index in [0.717, 1.165) is 5.56 Å². The van der Waals surface area contributed by atoms with Gasteiger partial charge in [-0.15, -0.1) is 0 Å². The van der Waals surface area contributed by atoms with Gasteiger partial charge in [-0.05, 0) is 29.3 Å². The van der Waals surface area contributed by atoms with Crippen LogP contribution in [-0.4, -0.2) is 36.6 Å². The second kappa shape index (κ2) is 8.06. The molecular weight excluding hydrogens is 392 g/mol. The molecule has 140 valence electrons. The summed E-state index contributed by atoms with van der Waals surface area (Å²) in [5.74, 6) is -0.292. The lowest BCUT2D eigenvalue weighted by molar-refractivity contribution is -0.140. The van der Waals surface area contributed by atoms with Crippen molar-refractivity contribution in [3.63, 3.8) is 0 Å². The van der Waals surface area contributed by atoms with Gasteiger partial charge in [0, 0.05) is 13.6 Å². The summed E-state index contributed by atoms with van der Waals surface area (Å²) in [4.78, 5) is 21.6. The predicted octanol–water partition coefficient (Wildman–Crippen LogP) is 4.74. The largest absolute Gasteiger partial charge is 0.469 e. The number of benzene rings is 2. The molecule has 1 heterocycles. The minimum Gasteiger partial charge on any atom is -0.469 e. The van der Waals surface area contributed by atoms with Gasteiger partial charge in [-0.2, -0.15) is 0 Å². The molecule has 0 radical (unpaired) electrons. The molecule has 0 atom stereocenters. The van der Waals surface area contributed by atoms with Crippen molar-refractivity contribution in [1.82, 2.24) is 9.97 Å². The third-order valence-electron chi connectivity index (χ3n) is 4.19. The van der Waals surface area contributed by atoms with E-state index in [4.69, 9.17) is 23.2 Å². The van der Waals surface area contributed by atoms with Gasteiger partial charge in [-0.1, -0.05) is 35.3 Å². The topological polar surface area (TPSA) is 55.3 Å². The Balaban J connectivity index is 2.16. The van der Waals surface area contributed by atoms with Crippen LogP contribution in [0.1, 0.15) is 6.42 Å². The molecule has 27 heavy (non-hydrogen) atoms. The van der Waals surface area contributed by atoms with E-state index in [1.165, 1.54) is 19.5 Å². The van der Waals surface area contributed by atoms with Crippen molar-refractivity contribution in [3.8, 4) is 11.1 Å². The lowest BCUT2D eigenvalue weighted by atomic mass is 10.00. The Labute approximate surface area is 165 Å². The van der Waals surface area contributed by atoms with Crippen LogP contribution in [-0.2, 0) is 9.53 Å². The second-order valence-electron chi connectivity index (χ2n) is 5.89. The Hall–Kier alpha value is -2.44. The Kier molecular flexibility index (Phi) is 5.77. The molecule has 0 N–H and O–H groups in total. The van der Waals surface area contributed by atoms with E-state index in [1.807, 2.05) is 0 Å². The molecule has 0 fully saturated rings. The van der Waals surface area contributed by atoms with Crippen LogP contribution in [0, 0.1) is 5.82 Å². The lowest BCUT2D eigenvalue weighted by Crippen LogP contribution is -2.23. The number of anilines is 1. The summed E-state index contributed by atoms with van der Waals surface area (Å²) >= 11 is 12.2. The lowest BCUT2D eigenvalue weighted by Gasteiger charge is -2.20. The summed E-state index contributed by atoms with van der Waals surface area (Å²) in [6.45, 7) is 0.357. The van der Waals surface area contributed by atoms with E-state index in [1.54, 1.807) is 36.2 Å². The van der Waals surface area contributed by atoms with Gasteiger partial charge >= 0.3 is 5.97 Å². The Morgan fingerprint density at radius 2 is 1.96 bits per heavy atom. The maximum atomic E-state index is 14.4. The number of carbonyl (C=O) groups excluding carboxylic acids is 1. The molecule has 0 bridgehead atoms. The number of esters is 1. The Morgan fingerprint density at radius 1 is 1.19 bits per heavy atom. The van der Waals surface area contributed by atoms with Gasteiger partial charge in [0.2, 0.25) is 0 Å². The highest BCUT2D eigenvalue weighted by Crippen LogP contribution is 2.36. The summed E-state index contributed by atoms with van der Waals surface area (Å²) in [7, 11) is 3.11. The smallest absolute Gasteiger partial charge is 0.307 e. The third-order valence-corrected chi connectivity index (χ3v) is 4.93. The first kappa shape index (κ1) is 19.3. The Bertz CT molecular complexity index is 1010. The van der Waals surface area contributed by atoms with Crippen LogP contribution in [0.3, 0.4) is 0 Å². The molecular formula is C19H16Cl2FN3O2. The van der Waals surface area contributed by atoms with Crippen molar-refractivity contribution in [2.45, 2.75) is 6.42 Å². The molecule has 0 saturated carbocycles. The molecule has 1 aromatic heterocycles. The van der Waals surface area contributed by atoms with E-state index < -0.39 is 5.82 Å². The van der Waals surface area contributed by atoms with Gasteiger partial charge < -0.3 is 9.64 Å². The number of nitrogens with zero attached hydrogens (tertiary/aromatic N) is 3. The summed E-state index contributed by atoms with van der Waals surface area (Å²) in [6, 6.07) is 8.19. The molecule has 2 aromatic carbocycles. The summed E-state index contributed by atoms with van der Waals surface area (Å²) in [6.07, 6.45) is 1.48. The maximum Gasteiger partial charge on any atom is 0.307 e. The van der Waals surface area contributed by atoms with Gasteiger partial charge in [0.15, 0.2) is 0 Å². The van der Waals surface area contributed by atoms with E-state index in [-0.39, 0.29) is 17.9 Å². The average Bonchev–Trinajstić information content (AvgIpc) is 2.68. The molecule has 8 heteroatoms. The maximum absolute atomic E-state index is 14.4. The molecule has 0 aliphatic carbocycles. The van der Waals surface area contributed by atoms with Gasteiger partial charge in [-0.25, -0.2) is 14.4 Å². The molecule has 0 amide bonds. The van der Waals surface area contributed by atoms with Gasteiger partial charge in [0.1, 0.15) is 23.5 Å². The fourth-order valence-electron chi connectivity index (χ4n) is 2.78. The number of halogens is 3. The van der Waals surface area contributed by atoms with Crippen molar-refractivity contribution in [2.75, 3.05) is 25.6 Å². The summed E-state index contributed by atoms with van der Waals surface area (Å²) in [5, 5.41) is 1.35. The van der Waals surface area contributed by atoms with Crippen LogP contribution in [0.5, 0.6) is 0 Å². The van der Waals surface area contributed by atoms with Crippen LogP contribution < -0.4 is 4.90 Å². The molecule has 0 aliphatic heterocycles. The fraction of sp³-hybridized carbons (Fsp3) is 0.211. The van der Waals surface area contributed by atoms with Crippen molar-refractivity contribution in [1.29, 1.82) is 0 Å². The second-order valence-corrected chi connectivity index (χ2v) is 6.71. The van der Waals surface area contributed by atoms with E-state index in [9.17, 15) is 9.18 Å². The van der Waals surface area contributed by atoms with Crippen molar-refractivity contribution < 1.29 is 13.9 Å². The first-order valence-electron chi connectivity index (χ1n) is 8.09. The third kappa shape index (κ3) is 3.96. The van der Waals surface area contributed by atoms with Gasteiger partial charge in [0.25, 0.3) is 0 Å². The van der Waals surface area contributed by atoms with Crippen LogP contribution in [0.2, 0.25) is 10.0 Å². The van der Waals surface area contributed by atoms with Crippen molar-refractivity contribution in [3.05, 3.63) is 52.5 Å². The number of hydrogen-bond acceptors (Lipinski definition) is 5. The molecule has 3 aromatic rings. The van der Waals surface area contributed by atoms with E-state index in [2.05, 4.69) is 14.7 Å². The first-order valence-corrected chi connectivity index (χ1v) is 8.84. The van der Waals surface area contributed by atoms with E-state index in [0.29, 0.717) is 33.4 Å². The molecule has 5 nitrogen and oxygen atoms in total. The predicted molar refractivity (Wildman–Crippen MR) is 105 cm³/mol. The summed E-state index contributed by atoms with van der Waals surface area (Å²) in [5.41, 5.74) is 1.66. The number of methoxy groups -OCH3 is 1. The zero-order valence-electron chi connectivity index (χ0n) is 14.7. The Morgan fingerprint density at radius 3 is 2.67 bits per heavy atom. The molecule has 0 aliphatic rings. The van der Waals surface area contributed by atoms with Crippen LogP contribution in [0.25, 0.3) is 22.0 Å². The van der Waals surface area contributed by atoms with Crippen molar-refractivity contribution >= 4 is 45.9 Å². The number of fused-ring (bicyclic) bond motifs is 1. The number of rotatable bonds is 5. The average molecular weight is 408 g/mol. The standard InChI is InChI=1S/C19H16Cl2FN3O2/c1-25(8-7-16(26)27-2)19-17-12(11-3-5-13(20)14(21)9-11)4-6-15(22)18(17)23-10-24-19/h3-6,9-10H,7-8H2,1-2H3. The number of carbonyl (C=O) groups is 1. The minimum absolute atomic E-state index is 0.177. The van der Waals surface area contributed by atoms with Crippen LogP contribution in [0.4, 0.5) is 10.2 Å². The van der Waals surface area contributed by atoms with Crippen LogP contribution >= 0.6 is 23.2 Å². The quantitative estimate of drug-likeness (QED) is 0.571. The van der Waals surface area contributed by atoms with E-state index >= 15 is 0 Å². The molecule has 0 saturated heterocycles. The number of ether oxygens (including phenoxy) is 1. The normalized spacial score (nSPS) is 10.9. The molecule has 3 rings (SSSR count). The highest BCUT2D eigenvalue weighted by molar-refractivity contribution is 6.42. The summed E-state index contributed by atoms with van der Waals surface area (Å²) < 4.78 is 19.1. The monoisotopic (exact) mass is 407 g/mol. The minimum atomic E-state index is -0.459. The number of aromatic nitrogens is 2. The molecule has 0 unspecified atom stereocenters. The highest BCUT2D eigenvalue weighted by Gasteiger charge is 2.18. The van der Waals surface area contributed by atoms with Crippen molar-refractivity contribution in [2.24, 2.45) is 0 Å². The zero-order chi connectivity index (χ0) is 19.6. The highest BCUT2D eigenvalue weighted by atomic mass is 35.5. The first-order chi connectivity index (χ1) is 12.9.